The fraction of sp³-hybridized carbons (Fsp3) is 0.115. The zero-order valence-corrected chi connectivity index (χ0v) is 37.1. The molecule has 9 aromatic rings. The van der Waals surface area contributed by atoms with Crippen LogP contribution < -0.4 is 14.7 Å². The highest BCUT2D eigenvalue weighted by Crippen LogP contribution is 2.54. The first-order valence-electron chi connectivity index (χ1n) is 22.4. The van der Waals surface area contributed by atoms with Crippen molar-refractivity contribution >= 4 is 45.5 Å². The summed E-state index contributed by atoms with van der Waals surface area (Å²) in [7, 11) is 2.12. The Morgan fingerprint density at radius 1 is 0.266 bits per heavy atom. The Morgan fingerprint density at radius 2 is 0.562 bits per heavy atom. The highest BCUT2D eigenvalue weighted by molar-refractivity contribution is 5.90. The fourth-order valence-corrected chi connectivity index (χ4v) is 10.4. The van der Waals surface area contributed by atoms with Crippen LogP contribution in [-0.2, 0) is 10.8 Å². The van der Waals surface area contributed by atoms with Gasteiger partial charge in [-0.3, -0.25) is 0 Å². The third-order valence-electron chi connectivity index (χ3n) is 13.9. The molecule has 0 radical (unpaired) electrons. The summed E-state index contributed by atoms with van der Waals surface area (Å²) in [5.41, 5.74) is 21.8. The number of para-hydroxylation sites is 3. The molecule has 0 amide bonds. The molecule has 0 N–H and O–H groups in total. The van der Waals surface area contributed by atoms with E-state index in [1.807, 2.05) is 0 Å². The van der Waals surface area contributed by atoms with Gasteiger partial charge in [0.1, 0.15) is 0 Å². The molecular formula is C61H51N3. The predicted molar refractivity (Wildman–Crippen MR) is 271 cm³/mol. The highest BCUT2D eigenvalue weighted by Gasteiger charge is 2.38. The standard InChI is InChI=1S/C61H51N3/c1-60(2)56-24-16-15-23-52(56)53-36-34-50(40-57(53)60)64(48-31-27-43(28-32-48)42-25-29-45(30-26-42)62(5)44-17-9-6-10-18-44)51-35-38-55-54-37-33-49(39-58(54)61(3,4)59(55)41-51)63(46-19-11-7-12-20-46)47-21-13-8-14-22-47/h6-41H,1-5H3. The molecule has 2 aliphatic rings. The molecule has 0 heterocycles. The second-order valence-corrected chi connectivity index (χ2v) is 18.3. The molecule has 0 spiro atoms. The van der Waals surface area contributed by atoms with Crippen LogP contribution in [0.5, 0.6) is 0 Å². The molecule has 11 rings (SSSR count). The number of nitrogens with zero attached hydrogens (tertiary/aromatic N) is 3. The van der Waals surface area contributed by atoms with Crippen molar-refractivity contribution in [3.05, 3.63) is 241 Å². The topological polar surface area (TPSA) is 9.72 Å². The lowest BCUT2D eigenvalue weighted by atomic mass is 9.82. The van der Waals surface area contributed by atoms with E-state index in [1.165, 1.54) is 61.3 Å². The number of anilines is 8. The number of rotatable bonds is 9. The average molecular weight is 826 g/mol. The molecule has 310 valence electrons. The molecule has 0 bridgehead atoms. The van der Waals surface area contributed by atoms with E-state index in [0.717, 1.165) is 39.8 Å². The van der Waals surface area contributed by atoms with Gasteiger partial charge in [-0.05, 0) is 153 Å². The van der Waals surface area contributed by atoms with Crippen molar-refractivity contribution in [1.29, 1.82) is 0 Å². The quantitative estimate of drug-likeness (QED) is 0.144. The lowest BCUT2D eigenvalue weighted by molar-refractivity contribution is 0.660. The van der Waals surface area contributed by atoms with E-state index in [2.05, 4.69) is 268 Å². The lowest BCUT2D eigenvalue weighted by Crippen LogP contribution is -2.18. The number of benzene rings is 9. The van der Waals surface area contributed by atoms with Gasteiger partial charge < -0.3 is 14.7 Å². The Kier molecular flexibility index (Phi) is 9.40. The van der Waals surface area contributed by atoms with Crippen molar-refractivity contribution in [3.8, 4) is 33.4 Å². The van der Waals surface area contributed by atoms with Crippen molar-refractivity contribution in [3.63, 3.8) is 0 Å². The van der Waals surface area contributed by atoms with Crippen LogP contribution in [0.4, 0.5) is 45.5 Å². The Balaban J connectivity index is 0.987. The molecule has 0 fully saturated rings. The van der Waals surface area contributed by atoms with E-state index in [9.17, 15) is 0 Å². The molecule has 0 saturated heterocycles. The first-order chi connectivity index (χ1) is 31.2. The van der Waals surface area contributed by atoms with Crippen LogP contribution in [0.15, 0.2) is 218 Å². The number of hydrogen-bond acceptors (Lipinski definition) is 3. The van der Waals surface area contributed by atoms with E-state index >= 15 is 0 Å². The summed E-state index contributed by atoms with van der Waals surface area (Å²) in [6, 6.07) is 80.0. The molecule has 3 nitrogen and oxygen atoms in total. The minimum absolute atomic E-state index is 0.120. The largest absolute Gasteiger partial charge is 0.345 e. The second kappa shape index (κ2) is 15.3. The zero-order chi connectivity index (χ0) is 43.6. The Labute approximate surface area is 378 Å². The summed E-state index contributed by atoms with van der Waals surface area (Å²) in [6.45, 7) is 9.50. The minimum atomic E-state index is -0.242. The van der Waals surface area contributed by atoms with Crippen molar-refractivity contribution in [1.82, 2.24) is 0 Å². The summed E-state index contributed by atoms with van der Waals surface area (Å²) in [5.74, 6) is 0. The van der Waals surface area contributed by atoms with Crippen molar-refractivity contribution in [2.24, 2.45) is 0 Å². The van der Waals surface area contributed by atoms with Crippen LogP contribution in [0.25, 0.3) is 33.4 Å². The fourth-order valence-electron chi connectivity index (χ4n) is 10.4. The summed E-state index contributed by atoms with van der Waals surface area (Å²) in [4.78, 5) is 7.04. The van der Waals surface area contributed by atoms with Gasteiger partial charge in [-0.25, -0.2) is 0 Å². The zero-order valence-electron chi connectivity index (χ0n) is 37.1. The SMILES string of the molecule is CN(c1ccccc1)c1ccc(-c2ccc(N(c3ccc4c(c3)C(C)(C)c3ccccc3-4)c3ccc4c(c3)C(C)(C)c3cc(N(c5ccccc5)c5ccccc5)ccc3-4)cc2)cc1. The van der Waals surface area contributed by atoms with Gasteiger partial charge in [0.05, 0.1) is 0 Å². The number of hydrogen-bond donors (Lipinski definition) is 0. The van der Waals surface area contributed by atoms with Gasteiger partial charge in [0.2, 0.25) is 0 Å². The summed E-state index contributed by atoms with van der Waals surface area (Å²) in [6.07, 6.45) is 0. The van der Waals surface area contributed by atoms with Gasteiger partial charge in [-0.15, -0.1) is 0 Å². The molecule has 0 aliphatic heterocycles. The third-order valence-corrected chi connectivity index (χ3v) is 13.9. The third kappa shape index (κ3) is 6.50. The van der Waals surface area contributed by atoms with Crippen LogP contribution in [0.2, 0.25) is 0 Å². The van der Waals surface area contributed by atoms with E-state index in [0.29, 0.717) is 0 Å². The first-order valence-corrected chi connectivity index (χ1v) is 22.4. The van der Waals surface area contributed by atoms with Gasteiger partial charge in [0.15, 0.2) is 0 Å². The first kappa shape index (κ1) is 39.2. The maximum absolute atomic E-state index is 2.46. The van der Waals surface area contributed by atoms with E-state index in [4.69, 9.17) is 0 Å². The molecule has 0 unspecified atom stereocenters. The van der Waals surface area contributed by atoms with Crippen LogP contribution in [0.3, 0.4) is 0 Å². The predicted octanol–water partition coefficient (Wildman–Crippen LogP) is 16.7. The maximum atomic E-state index is 2.46. The van der Waals surface area contributed by atoms with Gasteiger partial charge in [-0.1, -0.05) is 149 Å². The van der Waals surface area contributed by atoms with Gasteiger partial charge in [0.25, 0.3) is 0 Å². The molecule has 0 atom stereocenters. The van der Waals surface area contributed by atoms with Crippen LogP contribution in [0.1, 0.15) is 49.9 Å². The minimum Gasteiger partial charge on any atom is -0.345 e. The summed E-state index contributed by atoms with van der Waals surface area (Å²) < 4.78 is 0. The van der Waals surface area contributed by atoms with E-state index in [1.54, 1.807) is 0 Å². The maximum Gasteiger partial charge on any atom is 0.0465 e. The molecular weight excluding hydrogens is 775 g/mol. The van der Waals surface area contributed by atoms with Crippen molar-refractivity contribution in [2.45, 2.75) is 38.5 Å². The molecule has 0 aromatic heterocycles. The van der Waals surface area contributed by atoms with Gasteiger partial charge >= 0.3 is 0 Å². The summed E-state index contributed by atoms with van der Waals surface area (Å²) in [5, 5.41) is 0. The number of fused-ring (bicyclic) bond motifs is 6. The molecule has 9 aromatic carbocycles. The second-order valence-electron chi connectivity index (χ2n) is 18.3. The normalized spacial score (nSPS) is 13.6. The van der Waals surface area contributed by atoms with Crippen molar-refractivity contribution in [2.75, 3.05) is 21.7 Å². The Morgan fingerprint density at radius 3 is 1.02 bits per heavy atom. The highest BCUT2D eigenvalue weighted by atomic mass is 15.1. The van der Waals surface area contributed by atoms with Gasteiger partial charge in [0, 0.05) is 63.4 Å². The Bertz CT molecular complexity index is 3110. The monoisotopic (exact) mass is 825 g/mol. The molecule has 2 aliphatic carbocycles. The van der Waals surface area contributed by atoms with E-state index < -0.39 is 0 Å². The molecule has 0 saturated carbocycles. The van der Waals surface area contributed by atoms with Crippen LogP contribution in [0, 0.1) is 0 Å². The average Bonchev–Trinajstić information content (AvgIpc) is 3.71. The lowest BCUT2D eigenvalue weighted by Gasteiger charge is -2.30. The van der Waals surface area contributed by atoms with Crippen LogP contribution >= 0.6 is 0 Å². The Hall–Kier alpha value is -7.62. The smallest absolute Gasteiger partial charge is 0.0465 e. The summed E-state index contributed by atoms with van der Waals surface area (Å²) >= 11 is 0. The van der Waals surface area contributed by atoms with Gasteiger partial charge in [-0.2, -0.15) is 0 Å². The van der Waals surface area contributed by atoms with Crippen molar-refractivity contribution < 1.29 is 0 Å². The van der Waals surface area contributed by atoms with E-state index in [-0.39, 0.29) is 10.8 Å². The molecule has 3 heteroatoms. The molecule has 64 heavy (non-hydrogen) atoms. The van der Waals surface area contributed by atoms with Crippen LogP contribution in [-0.4, -0.2) is 7.05 Å².